The van der Waals surface area contributed by atoms with Gasteiger partial charge in [-0.3, -0.25) is 24.0 Å². The Balaban J connectivity index is 2.29. The third-order valence-electron chi connectivity index (χ3n) is 3.27. The van der Waals surface area contributed by atoms with E-state index in [0.717, 1.165) is 4.57 Å². The van der Waals surface area contributed by atoms with Crippen LogP contribution in [0, 0.1) is 0 Å². The minimum Gasteiger partial charge on any atom is -0.333 e. The standard InChI is InChI=1S/C14H20N6O4/c1-14(2,3)17-12(23)16-8(21)6-20-7-15-10-9(20)11(22)19(5)13(24)18(10)4/h7H,6H2,1-5H3,(H2,16,17,21,23). The third kappa shape index (κ3) is 3.36. The lowest BCUT2D eigenvalue weighted by atomic mass is 10.1. The van der Waals surface area contributed by atoms with Crippen LogP contribution >= 0.6 is 0 Å². The molecule has 0 unspecified atom stereocenters. The van der Waals surface area contributed by atoms with Gasteiger partial charge in [0.05, 0.1) is 6.33 Å². The molecule has 130 valence electrons. The highest BCUT2D eigenvalue weighted by Gasteiger charge is 2.18. The van der Waals surface area contributed by atoms with Crippen LogP contribution in [0.25, 0.3) is 11.2 Å². The summed E-state index contributed by atoms with van der Waals surface area (Å²) in [5, 5.41) is 4.78. The highest BCUT2D eigenvalue weighted by Crippen LogP contribution is 2.05. The number of aromatic nitrogens is 4. The maximum Gasteiger partial charge on any atom is 0.332 e. The predicted molar refractivity (Wildman–Crippen MR) is 86.6 cm³/mol. The molecule has 0 atom stereocenters. The summed E-state index contributed by atoms with van der Waals surface area (Å²) in [6.45, 7) is 5.07. The van der Waals surface area contributed by atoms with Gasteiger partial charge in [0.25, 0.3) is 5.56 Å². The smallest absolute Gasteiger partial charge is 0.332 e. The molecule has 0 fully saturated rings. The minimum absolute atomic E-state index is 0.117. The average molecular weight is 336 g/mol. The number of nitrogens with zero attached hydrogens (tertiary/aromatic N) is 4. The summed E-state index contributed by atoms with van der Waals surface area (Å²) in [4.78, 5) is 51.8. The molecule has 3 amide bonds. The molecular formula is C14H20N6O4. The van der Waals surface area contributed by atoms with E-state index < -0.39 is 28.7 Å². The predicted octanol–water partition coefficient (Wildman–Crippen LogP) is -0.942. The van der Waals surface area contributed by atoms with E-state index in [9.17, 15) is 19.2 Å². The van der Waals surface area contributed by atoms with Crippen molar-refractivity contribution in [2.45, 2.75) is 32.9 Å². The van der Waals surface area contributed by atoms with Gasteiger partial charge in [0.1, 0.15) is 6.54 Å². The molecule has 2 aromatic heterocycles. The van der Waals surface area contributed by atoms with Crippen LogP contribution in [0.2, 0.25) is 0 Å². The number of fused-ring (bicyclic) bond motifs is 1. The van der Waals surface area contributed by atoms with E-state index in [0.29, 0.717) is 0 Å². The van der Waals surface area contributed by atoms with Crippen molar-refractivity contribution in [3.63, 3.8) is 0 Å². The maximum atomic E-state index is 12.3. The van der Waals surface area contributed by atoms with Gasteiger partial charge < -0.3 is 9.88 Å². The number of hydrogen-bond acceptors (Lipinski definition) is 5. The summed E-state index contributed by atoms with van der Waals surface area (Å²) >= 11 is 0. The van der Waals surface area contributed by atoms with Gasteiger partial charge in [-0.2, -0.15) is 0 Å². The molecule has 10 nitrogen and oxygen atoms in total. The van der Waals surface area contributed by atoms with E-state index in [1.54, 1.807) is 20.8 Å². The fraction of sp³-hybridized carbons (Fsp3) is 0.500. The number of urea groups is 1. The molecular weight excluding hydrogens is 316 g/mol. The van der Waals surface area contributed by atoms with Crippen molar-refractivity contribution in [2.75, 3.05) is 0 Å². The molecule has 0 aliphatic carbocycles. The van der Waals surface area contributed by atoms with Gasteiger partial charge in [0.2, 0.25) is 5.91 Å². The summed E-state index contributed by atoms with van der Waals surface area (Å²) in [5.41, 5.74) is -1.26. The van der Waals surface area contributed by atoms with E-state index in [1.165, 1.54) is 29.6 Å². The molecule has 10 heteroatoms. The Labute approximate surface area is 137 Å². The molecule has 2 heterocycles. The summed E-state index contributed by atoms with van der Waals surface area (Å²) in [7, 11) is 2.83. The topological polar surface area (TPSA) is 120 Å². The molecule has 0 saturated heterocycles. The van der Waals surface area contributed by atoms with E-state index in [1.807, 2.05) is 0 Å². The molecule has 2 aromatic rings. The first-order valence-electron chi connectivity index (χ1n) is 7.24. The number of aryl methyl sites for hydroxylation is 1. The van der Waals surface area contributed by atoms with Gasteiger partial charge in [-0.1, -0.05) is 0 Å². The molecule has 2 N–H and O–H groups in total. The fourth-order valence-electron chi connectivity index (χ4n) is 2.21. The Bertz CT molecular complexity index is 928. The highest BCUT2D eigenvalue weighted by atomic mass is 16.2. The SMILES string of the molecule is Cn1c(=O)c2c(ncn2CC(=O)NC(=O)NC(C)(C)C)n(C)c1=O. The largest absolute Gasteiger partial charge is 0.333 e. The van der Waals surface area contributed by atoms with Crippen molar-refractivity contribution in [1.82, 2.24) is 29.3 Å². The number of carbonyl (C=O) groups excluding carboxylic acids is 2. The quantitative estimate of drug-likeness (QED) is 0.733. The van der Waals surface area contributed by atoms with Gasteiger partial charge in [-0.25, -0.2) is 14.6 Å². The van der Waals surface area contributed by atoms with Crippen LogP contribution < -0.4 is 21.9 Å². The van der Waals surface area contributed by atoms with Crippen molar-refractivity contribution < 1.29 is 9.59 Å². The lowest BCUT2D eigenvalue weighted by Crippen LogP contribution is -2.49. The molecule has 24 heavy (non-hydrogen) atoms. The number of rotatable bonds is 2. The molecule has 0 radical (unpaired) electrons. The lowest BCUT2D eigenvalue weighted by molar-refractivity contribution is -0.120. The molecule has 0 spiro atoms. The second-order valence-electron chi connectivity index (χ2n) is 6.50. The van der Waals surface area contributed by atoms with Crippen molar-refractivity contribution in [3.8, 4) is 0 Å². The van der Waals surface area contributed by atoms with Crippen LogP contribution in [-0.4, -0.2) is 36.2 Å². The summed E-state index contributed by atoms with van der Waals surface area (Å²) < 4.78 is 3.46. The highest BCUT2D eigenvalue weighted by molar-refractivity contribution is 5.94. The normalized spacial score (nSPS) is 11.5. The molecule has 0 saturated carbocycles. The molecule has 0 bridgehead atoms. The minimum atomic E-state index is -0.628. The summed E-state index contributed by atoms with van der Waals surface area (Å²) in [6, 6.07) is -0.628. The molecule has 2 rings (SSSR count). The zero-order valence-electron chi connectivity index (χ0n) is 14.2. The number of nitrogens with one attached hydrogen (secondary N) is 2. The Hall–Kier alpha value is -2.91. The van der Waals surface area contributed by atoms with Crippen molar-refractivity contribution >= 4 is 23.1 Å². The van der Waals surface area contributed by atoms with Gasteiger partial charge in [0, 0.05) is 19.6 Å². The Morgan fingerprint density at radius 1 is 1.17 bits per heavy atom. The first-order chi connectivity index (χ1) is 11.0. The van der Waals surface area contributed by atoms with Gasteiger partial charge in [-0.15, -0.1) is 0 Å². The molecule has 0 aliphatic rings. The first-order valence-corrected chi connectivity index (χ1v) is 7.24. The van der Waals surface area contributed by atoms with Crippen LogP contribution in [0.5, 0.6) is 0 Å². The average Bonchev–Trinajstić information content (AvgIpc) is 2.84. The number of hydrogen-bond donors (Lipinski definition) is 2. The van der Waals surface area contributed by atoms with Crippen molar-refractivity contribution in [2.24, 2.45) is 14.1 Å². The Morgan fingerprint density at radius 3 is 2.38 bits per heavy atom. The number of imide groups is 1. The second kappa shape index (κ2) is 5.95. The van der Waals surface area contributed by atoms with Crippen molar-refractivity contribution in [3.05, 3.63) is 27.2 Å². The molecule has 0 aliphatic heterocycles. The number of carbonyl (C=O) groups is 2. The fourth-order valence-corrected chi connectivity index (χ4v) is 2.21. The van der Waals surface area contributed by atoms with E-state index in [4.69, 9.17) is 0 Å². The van der Waals surface area contributed by atoms with Crippen LogP contribution in [-0.2, 0) is 25.4 Å². The second-order valence-corrected chi connectivity index (χ2v) is 6.50. The first kappa shape index (κ1) is 17.4. The number of imidazole rings is 1. The third-order valence-corrected chi connectivity index (χ3v) is 3.27. The summed E-state index contributed by atoms with van der Waals surface area (Å²) in [5.74, 6) is -0.605. The Kier molecular flexibility index (Phi) is 4.32. The zero-order valence-corrected chi connectivity index (χ0v) is 14.2. The van der Waals surface area contributed by atoms with Crippen LogP contribution in [0.4, 0.5) is 4.79 Å². The maximum absolute atomic E-state index is 12.3. The van der Waals surface area contributed by atoms with Crippen LogP contribution in [0.15, 0.2) is 15.9 Å². The van der Waals surface area contributed by atoms with E-state index >= 15 is 0 Å². The Morgan fingerprint density at radius 2 is 1.79 bits per heavy atom. The van der Waals surface area contributed by atoms with Crippen molar-refractivity contribution in [1.29, 1.82) is 0 Å². The van der Waals surface area contributed by atoms with Gasteiger partial charge in [0.15, 0.2) is 11.2 Å². The van der Waals surface area contributed by atoms with E-state index in [-0.39, 0.29) is 17.7 Å². The van der Waals surface area contributed by atoms with Gasteiger partial charge >= 0.3 is 11.7 Å². The van der Waals surface area contributed by atoms with Crippen LogP contribution in [0.3, 0.4) is 0 Å². The number of amides is 3. The lowest BCUT2D eigenvalue weighted by Gasteiger charge is -2.20. The van der Waals surface area contributed by atoms with Gasteiger partial charge in [-0.05, 0) is 20.8 Å². The monoisotopic (exact) mass is 336 g/mol. The van der Waals surface area contributed by atoms with Crippen LogP contribution in [0.1, 0.15) is 20.8 Å². The zero-order chi connectivity index (χ0) is 18.2. The molecule has 0 aromatic carbocycles. The van der Waals surface area contributed by atoms with E-state index in [2.05, 4.69) is 15.6 Å². The summed E-state index contributed by atoms with van der Waals surface area (Å²) in [6.07, 6.45) is 1.28.